The molecule has 1 amide bonds. The number of halogens is 1. The van der Waals surface area contributed by atoms with E-state index in [1.807, 2.05) is 0 Å². The minimum Gasteiger partial charge on any atom is -0.477 e. The van der Waals surface area contributed by atoms with E-state index in [1.54, 1.807) is 6.92 Å². The SMILES string of the molecule is CCOc1ccc(C(=O)Nc2cc(Cl)ccc2[N+](=O)[O-])nn1. The van der Waals surface area contributed by atoms with Gasteiger partial charge in [-0.2, -0.15) is 0 Å². The fourth-order valence-electron chi connectivity index (χ4n) is 1.62. The molecule has 1 N–H and O–H groups in total. The van der Waals surface area contributed by atoms with Crippen molar-refractivity contribution in [1.29, 1.82) is 0 Å². The van der Waals surface area contributed by atoms with Crippen molar-refractivity contribution in [3.8, 4) is 5.88 Å². The van der Waals surface area contributed by atoms with Crippen molar-refractivity contribution in [2.75, 3.05) is 11.9 Å². The number of hydrogen-bond acceptors (Lipinski definition) is 6. The fourth-order valence-corrected chi connectivity index (χ4v) is 1.79. The number of aromatic nitrogens is 2. The molecule has 0 unspecified atom stereocenters. The van der Waals surface area contributed by atoms with E-state index >= 15 is 0 Å². The first-order valence-electron chi connectivity index (χ1n) is 6.23. The molecule has 0 spiro atoms. The highest BCUT2D eigenvalue weighted by atomic mass is 35.5. The predicted octanol–water partition coefficient (Wildman–Crippen LogP) is 2.69. The summed E-state index contributed by atoms with van der Waals surface area (Å²) in [6, 6.07) is 6.76. The maximum absolute atomic E-state index is 12.0. The molecule has 1 heterocycles. The van der Waals surface area contributed by atoms with E-state index in [4.69, 9.17) is 16.3 Å². The minimum absolute atomic E-state index is 0.00211. The lowest BCUT2D eigenvalue weighted by molar-refractivity contribution is -0.383. The number of benzene rings is 1. The molecule has 0 saturated carbocycles. The van der Waals surface area contributed by atoms with Gasteiger partial charge in [0, 0.05) is 17.2 Å². The number of hydrogen-bond donors (Lipinski definition) is 1. The Hall–Kier alpha value is -2.74. The minimum atomic E-state index is -0.638. The van der Waals surface area contributed by atoms with E-state index in [2.05, 4.69) is 15.5 Å². The van der Waals surface area contributed by atoms with Crippen LogP contribution in [0.3, 0.4) is 0 Å². The van der Waals surface area contributed by atoms with E-state index in [0.29, 0.717) is 6.61 Å². The Morgan fingerprint density at radius 2 is 2.14 bits per heavy atom. The highest BCUT2D eigenvalue weighted by Gasteiger charge is 2.18. The molecule has 0 aliphatic rings. The first-order chi connectivity index (χ1) is 10.5. The summed E-state index contributed by atoms with van der Waals surface area (Å²) < 4.78 is 5.11. The molecule has 1 aromatic carbocycles. The molecule has 2 rings (SSSR count). The number of nitrogens with one attached hydrogen (secondary N) is 1. The topological polar surface area (TPSA) is 107 Å². The van der Waals surface area contributed by atoms with Crippen LogP contribution in [0.4, 0.5) is 11.4 Å². The molecular formula is C13H11ClN4O4. The molecule has 1 aromatic heterocycles. The van der Waals surface area contributed by atoms with Crippen LogP contribution in [0.2, 0.25) is 5.02 Å². The Morgan fingerprint density at radius 1 is 1.36 bits per heavy atom. The lowest BCUT2D eigenvalue weighted by Crippen LogP contribution is -2.15. The third kappa shape index (κ3) is 3.67. The van der Waals surface area contributed by atoms with Crippen molar-refractivity contribution < 1.29 is 14.5 Å². The number of ether oxygens (including phenoxy) is 1. The van der Waals surface area contributed by atoms with Gasteiger partial charge in [-0.15, -0.1) is 10.2 Å². The van der Waals surface area contributed by atoms with Gasteiger partial charge in [0.2, 0.25) is 5.88 Å². The predicted molar refractivity (Wildman–Crippen MR) is 79.3 cm³/mol. The van der Waals surface area contributed by atoms with Gasteiger partial charge in [0.25, 0.3) is 11.6 Å². The highest BCUT2D eigenvalue weighted by Crippen LogP contribution is 2.27. The summed E-state index contributed by atoms with van der Waals surface area (Å²) in [5, 5.41) is 21.0. The zero-order valence-electron chi connectivity index (χ0n) is 11.4. The monoisotopic (exact) mass is 322 g/mol. The van der Waals surface area contributed by atoms with E-state index in [0.717, 1.165) is 0 Å². The summed E-state index contributed by atoms with van der Waals surface area (Å²) in [4.78, 5) is 22.4. The van der Waals surface area contributed by atoms with Crippen LogP contribution < -0.4 is 10.1 Å². The lowest BCUT2D eigenvalue weighted by atomic mass is 10.2. The zero-order valence-corrected chi connectivity index (χ0v) is 12.2. The number of nitro groups is 1. The van der Waals surface area contributed by atoms with Gasteiger partial charge in [-0.25, -0.2) is 0 Å². The second kappa shape index (κ2) is 6.81. The molecule has 0 aliphatic carbocycles. The van der Waals surface area contributed by atoms with Crippen LogP contribution in [0, 0.1) is 10.1 Å². The van der Waals surface area contributed by atoms with E-state index < -0.39 is 10.8 Å². The number of nitro benzene ring substituents is 1. The molecule has 8 nitrogen and oxygen atoms in total. The standard InChI is InChI=1S/C13H11ClN4O4/c1-2-22-12-6-4-9(16-17-12)13(19)15-10-7-8(14)3-5-11(10)18(20)21/h3-7H,2H2,1H3,(H,15,19). The summed E-state index contributed by atoms with van der Waals surface area (Å²) in [5.74, 6) is -0.353. The molecule has 0 fully saturated rings. The van der Waals surface area contributed by atoms with Crippen LogP contribution >= 0.6 is 11.6 Å². The first kappa shape index (κ1) is 15.6. The Kier molecular flexibility index (Phi) is 4.84. The molecule has 0 radical (unpaired) electrons. The van der Waals surface area contributed by atoms with E-state index in [1.165, 1.54) is 30.3 Å². The van der Waals surface area contributed by atoms with Crippen molar-refractivity contribution in [2.24, 2.45) is 0 Å². The molecule has 114 valence electrons. The first-order valence-corrected chi connectivity index (χ1v) is 6.61. The van der Waals surface area contributed by atoms with Crippen LogP contribution in [0.15, 0.2) is 30.3 Å². The van der Waals surface area contributed by atoms with Crippen LogP contribution in [-0.4, -0.2) is 27.6 Å². The van der Waals surface area contributed by atoms with Gasteiger partial charge in [-0.1, -0.05) is 11.6 Å². The van der Waals surface area contributed by atoms with Gasteiger partial charge in [0.05, 0.1) is 11.5 Å². The maximum Gasteiger partial charge on any atom is 0.292 e. The summed E-state index contributed by atoms with van der Waals surface area (Å²) in [6.07, 6.45) is 0. The fraction of sp³-hybridized carbons (Fsp3) is 0.154. The average Bonchev–Trinajstić information content (AvgIpc) is 2.48. The van der Waals surface area contributed by atoms with E-state index in [9.17, 15) is 14.9 Å². The van der Waals surface area contributed by atoms with Gasteiger partial charge in [0.1, 0.15) is 5.69 Å². The molecule has 0 aliphatic heterocycles. The van der Waals surface area contributed by atoms with Crippen molar-refractivity contribution in [3.63, 3.8) is 0 Å². The van der Waals surface area contributed by atoms with Crippen molar-refractivity contribution >= 4 is 28.9 Å². The molecule has 0 atom stereocenters. The molecule has 9 heteroatoms. The highest BCUT2D eigenvalue weighted by molar-refractivity contribution is 6.31. The number of carbonyl (C=O) groups is 1. The van der Waals surface area contributed by atoms with Crippen LogP contribution in [0.25, 0.3) is 0 Å². The summed E-state index contributed by atoms with van der Waals surface area (Å²) in [5.41, 5.74) is -0.285. The molecule has 0 bridgehead atoms. The third-order valence-electron chi connectivity index (χ3n) is 2.57. The van der Waals surface area contributed by atoms with Crippen LogP contribution in [0.1, 0.15) is 17.4 Å². The third-order valence-corrected chi connectivity index (χ3v) is 2.80. The van der Waals surface area contributed by atoms with Crippen LogP contribution in [0.5, 0.6) is 5.88 Å². The molecular weight excluding hydrogens is 312 g/mol. The number of carbonyl (C=O) groups excluding carboxylic acids is 1. The summed E-state index contributed by atoms with van der Waals surface area (Å²) in [6.45, 7) is 2.22. The Balaban J connectivity index is 2.21. The molecule has 2 aromatic rings. The zero-order chi connectivity index (χ0) is 16.1. The number of nitrogens with zero attached hydrogens (tertiary/aromatic N) is 3. The van der Waals surface area contributed by atoms with Crippen molar-refractivity contribution in [1.82, 2.24) is 10.2 Å². The van der Waals surface area contributed by atoms with Gasteiger partial charge < -0.3 is 10.1 Å². The Bertz CT molecular complexity index is 706. The number of amides is 1. The molecule has 0 saturated heterocycles. The second-order valence-corrected chi connectivity index (χ2v) is 4.50. The summed E-state index contributed by atoms with van der Waals surface area (Å²) >= 11 is 5.79. The number of rotatable bonds is 5. The normalized spacial score (nSPS) is 10.1. The van der Waals surface area contributed by atoms with Gasteiger partial charge >= 0.3 is 0 Å². The maximum atomic E-state index is 12.0. The van der Waals surface area contributed by atoms with Crippen molar-refractivity contribution in [3.05, 3.63) is 51.2 Å². The van der Waals surface area contributed by atoms with Crippen LogP contribution in [-0.2, 0) is 0 Å². The van der Waals surface area contributed by atoms with Crippen molar-refractivity contribution in [2.45, 2.75) is 6.92 Å². The summed E-state index contributed by atoms with van der Waals surface area (Å²) in [7, 11) is 0. The Labute approximate surface area is 130 Å². The average molecular weight is 323 g/mol. The quantitative estimate of drug-likeness (QED) is 0.669. The van der Waals surface area contributed by atoms with Gasteiger partial charge in [-0.3, -0.25) is 14.9 Å². The Morgan fingerprint density at radius 3 is 2.73 bits per heavy atom. The van der Waals surface area contributed by atoms with Gasteiger partial charge in [-0.05, 0) is 25.1 Å². The van der Waals surface area contributed by atoms with Gasteiger partial charge in [0.15, 0.2) is 5.69 Å². The smallest absolute Gasteiger partial charge is 0.292 e. The molecule has 22 heavy (non-hydrogen) atoms. The van der Waals surface area contributed by atoms with E-state index in [-0.39, 0.29) is 28.0 Å². The lowest BCUT2D eigenvalue weighted by Gasteiger charge is -2.06. The second-order valence-electron chi connectivity index (χ2n) is 4.06. The largest absolute Gasteiger partial charge is 0.477 e. The number of anilines is 1.